The number of rotatable bonds is 1. The van der Waals surface area contributed by atoms with Gasteiger partial charge in [0.2, 0.25) is 0 Å². The maximum Gasteiger partial charge on any atom is 0.144 e. The monoisotopic (exact) mass is 167 g/mol. The third-order valence-electron chi connectivity index (χ3n) is 1.54. The van der Waals surface area contributed by atoms with Crippen molar-refractivity contribution in [3.63, 3.8) is 0 Å². The highest BCUT2D eigenvalue weighted by atomic mass is 15.1. The van der Waals surface area contributed by atoms with Crippen LogP contribution in [0.3, 0.4) is 0 Å². The Kier molecular flexibility index (Phi) is 1.93. The molecule has 0 aliphatic heterocycles. The van der Waals surface area contributed by atoms with Gasteiger partial charge in [-0.3, -0.25) is 17.2 Å². The van der Waals surface area contributed by atoms with Gasteiger partial charge in [-0.1, -0.05) is 6.07 Å². The zero-order valence-corrected chi connectivity index (χ0v) is 6.62. The van der Waals surface area contributed by atoms with Gasteiger partial charge in [0.05, 0.1) is 0 Å². The maximum atomic E-state index is 5.59. The molecule has 0 aliphatic rings. The van der Waals surface area contributed by atoms with Gasteiger partial charge in [-0.05, 0) is 12.1 Å². The SMILES string of the molecule is Nc1ccc(C(N)(N)N)c(N)c1. The van der Waals surface area contributed by atoms with Gasteiger partial charge in [-0.2, -0.15) is 0 Å². The average Bonchev–Trinajstić information content (AvgIpc) is 1.83. The molecule has 0 radical (unpaired) electrons. The fourth-order valence-electron chi connectivity index (χ4n) is 0.976. The van der Waals surface area contributed by atoms with Crippen molar-refractivity contribution in [3.8, 4) is 0 Å². The first-order chi connectivity index (χ1) is 5.41. The van der Waals surface area contributed by atoms with Crippen molar-refractivity contribution in [2.75, 3.05) is 11.5 Å². The van der Waals surface area contributed by atoms with Crippen LogP contribution in [0, 0.1) is 0 Å². The molecular weight excluding hydrogens is 154 g/mol. The summed E-state index contributed by atoms with van der Waals surface area (Å²) < 4.78 is 0. The molecular formula is C7H13N5. The second-order valence-electron chi connectivity index (χ2n) is 2.78. The third-order valence-corrected chi connectivity index (χ3v) is 1.54. The summed E-state index contributed by atoms with van der Waals surface area (Å²) in [6, 6.07) is 4.83. The van der Waals surface area contributed by atoms with Gasteiger partial charge in [0.15, 0.2) is 0 Å². The zero-order chi connectivity index (χ0) is 9.35. The second kappa shape index (κ2) is 2.63. The highest BCUT2D eigenvalue weighted by molar-refractivity contribution is 5.58. The predicted octanol–water partition coefficient (Wildman–Crippen LogP) is -1.16. The van der Waals surface area contributed by atoms with Gasteiger partial charge in [0.1, 0.15) is 5.79 Å². The summed E-state index contributed by atoms with van der Waals surface area (Å²) in [6.07, 6.45) is 0. The first-order valence-electron chi connectivity index (χ1n) is 3.43. The highest BCUT2D eigenvalue weighted by Gasteiger charge is 2.17. The fraction of sp³-hybridized carbons (Fsp3) is 0.143. The second-order valence-corrected chi connectivity index (χ2v) is 2.78. The summed E-state index contributed by atoms with van der Waals surface area (Å²) in [5.41, 5.74) is 28.8. The van der Waals surface area contributed by atoms with Gasteiger partial charge in [-0.15, -0.1) is 0 Å². The summed E-state index contributed by atoms with van der Waals surface area (Å²) >= 11 is 0. The average molecular weight is 167 g/mol. The van der Waals surface area contributed by atoms with E-state index in [1.807, 2.05) is 0 Å². The lowest BCUT2D eigenvalue weighted by atomic mass is 10.1. The molecule has 5 heteroatoms. The summed E-state index contributed by atoms with van der Waals surface area (Å²) in [5, 5.41) is 0. The normalized spacial score (nSPS) is 11.6. The van der Waals surface area contributed by atoms with Crippen molar-refractivity contribution < 1.29 is 0 Å². The Morgan fingerprint density at radius 3 is 2.00 bits per heavy atom. The molecule has 0 saturated carbocycles. The molecule has 10 N–H and O–H groups in total. The summed E-state index contributed by atoms with van der Waals surface area (Å²) in [4.78, 5) is 0. The Labute approximate surface area is 70.5 Å². The lowest BCUT2D eigenvalue weighted by Crippen LogP contribution is -2.54. The molecule has 66 valence electrons. The van der Waals surface area contributed by atoms with E-state index in [-0.39, 0.29) is 0 Å². The van der Waals surface area contributed by atoms with Crippen LogP contribution in [0.4, 0.5) is 11.4 Å². The lowest BCUT2D eigenvalue weighted by Gasteiger charge is -2.20. The van der Waals surface area contributed by atoms with E-state index in [4.69, 9.17) is 28.7 Å². The molecule has 0 unspecified atom stereocenters. The molecule has 0 amide bonds. The van der Waals surface area contributed by atoms with Crippen molar-refractivity contribution in [2.24, 2.45) is 17.2 Å². The molecule has 1 rings (SSSR count). The minimum absolute atomic E-state index is 0.405. The van der Waals surface area contributed by atoms with E-state index < -0.39 is 5.79 Å². The van der Waals surface area contributed by atoms with Crippen LogP contribution in [0.25, 0.3) is 0 Å². The van der Waals surface area contributed by atoms with Crippen LogP contribution in [0.1, 0.15) is 5.56 Å². The van der Waals surface area contributed by atoms with E-state index in [0.717, 1.165) is 0 Å². The standard InChI is InChI=1S/C7H13N5/c8-4-1-2-5(6(9)3-4)7(10,11)12/h1-3H,8-12H2. The van der Waals surface area contributed by atoms with E-state index in [9.17, 15) is 0 Å². The maximum absolute atomic E-state index is 5.59. The van der Waals surface area contributed by atoms with Crippen LogP contribution < -0.4 is 28.7 Å². The Bertz CT molecular complexity index is 288. The Balaban J connectivity index is 3.19. The molecule has 0 aliphatic carbocycles. The number of benzene rings is 1. The van der Waals surface area contributed by atoms with Crippen molar-refractivity contribution in [2.45, 2.75) is 5.79 Å². The van der Waals surface area contributed by atoms with Gasteiger partial charge in [0, 0.05) is 16.9 Å². The molecule has 1 aromatic carbocycles. The van der Waals surface area contributed by atoms with Gasteiger partial charge in [-0.25, -0.2) is 0 Å². The molecule has 12 heavy (non-hydrogen) atoms. The Hall–Kier alpha value is -1.30. The van der Waals surface area contributed by atoms with E-state index in [1.165, 1.54) is 0 Å². The van der Waals surface area contributed by atoms with Crippen LogP contribution >= 0.6 is 0 Å². The smallest absolute Gasteiger partial charge is 0.144 e. The largest absolute Gasteiger partial charge is 0.399 e. The van der Waals surface area contributed by atoms with E-state index in [2.05, 4.69) is 0 Å². The lowest BCUT2D eigenvalue weighted by molar-refractivity contribution is 0.490. The van der Waals surface area contributed by atoms with Crippen molar-refractivity contribution in [1.82, 2.24) is 0 Å². The fourth-order valence-corrected chi connectivity index (χ4v) is 0.976. The topological polar surface area (TPSA) is 130 Å². The Morgan fingerprint density at radius 1 is 1.00 bits per heavy atom. The van der Waals surface area contributed by atoms with Crippen LogP contribution in [-0.2, 0) is 5.79 Å². The predicted molar refractivity (Wildman–Crippen MR) is 49.5 cm³/mol. The summed E-state index contributed by atoms with van der Waals surface area (Å²) in [7, 11) is 0. The van der Waals surface area contributed by atoms with Crippen LogP contribution in [0.2, 0.25) is 0 Å². The van der Waals surface area contributed by atoms with Crippen LogP contribution in [-0.4, -0.2) is 0 Å². The van der Waals surface area contributed by atoms with Crippen molar-refractivity contribution in [1.29, 1.82) is 0 Å². The number of nitrogen functional groups attached to an aromatic ring is 2. The molecule has 0 heterocycles. The third kappa shape index (κ3) is 1.65. The number of hydrogen-bond acceptors (Lipinski definition) is 5. The number of anilines is 2. The molecule has 1 aromatic rings. The van der Waals surface area contributed by atoms with Crippen LogP contribution in [0.15, 0.2) is 18.2 Å². The molecule has 0 spiro atoms. The van der Waals surface area contributed by atoms with Crippen molar-refractivity contribution >= 4 is 11.4 Å². The van der Waals surface area contributed by atoms with Crippen molar-refractivity contribution in [3.05, 3.63) is 23.8 Å². The minimum atomic E-state index is -1.40. The summed E-state index contributed by atoms with van der Waals surface area (Å²) in [5.74, 6) is -1.40. The molecule has 0 aromatic heterocycles. The molecule has 0 bridgehead atoms. The highest BCUT2D eigenvalue weighted by Crippen LogP contribution is 2.19. The van der Waals surface area contributed by atoms with Crippen LogP contribution in [0.5, 0.6) is 0 Å². The van der Waals surface area contributed by atoms with E-state index >= 15 is 0 Å². The van der Waals surface area contributed by atoms with Gasteiger partial charge >= 0.3 is 0 Å². The summed E-state index contributed by atoms with van der Waals surface area (Å²) in [6.45, 7) is 0. The molecule has 5 nitrogen and oxygen atoms in total. The molecule has 0 fully saturated rings. The zero-order valence-electron chi connectivity index (χ0n) is 6.62. The van der Waals surface area contributed by atoms with E-state index in [1.54, 1.807) is 18.2 Å². The number of hydrogen-bond donors (Lipinski definition) is 5. The van der Waals surface area contributed by atoms with Gasteiger partial charge < -0.3 is 11.5 Å². The first-order valence-corrected chi connectivity index (χ1v) is 3.43. The first kappa shape index (κ1) is 8.79. The molecule has 0 saturated heterocycles. The minimum Gasteiger partial charge on any atom is -0.399 e. The van der Waals surface area contributed by atoms with E-state index in [0.29, 0.717) is 16.9 Å². The molecule has 0 atom stereocenters. The quantitative estimate of drug-likeness (QED) is 0.266. The number of nitrogens with two attached hydrogens (primary N) is 5. The Morgan fingerprint density at radius 2 is 1.58 bits per heavy atom. The van der Waals surface area contributed by atoms with Gasteiger partial charge in [0.25, 0.3) is 0 Å².